The number of amides is 1. The molecule has 182 valence electrons. The van der Waals surface area contributed by atoms with Crippen LogP contribution < -0.4 is 16.2 Å². The molecule has 0 radical (unpaired) electrons. The molecule has 34 heavy (non-hydrogen) atoms. The summed E-state index contributed by atoms with van der Waals surface area (Å²) in [6.45, 7) is 3.52. The van der Waals surface area contributed by atoms with E-state index in [9.17, 15) is 9.90 Å². The van der Waals surface area contributed by atoms with Crippen LogP contribution in [0.25, 0.3) is 5.57 Å². The molecule has 0 bridgehead atoms. The van der Waals surface area contributed by atoms with Gasteiger partial charge in [0.05, 0.1) is 30.5 Å². The Hall–Kier alpha value is -2.75. The lowest BCUT2D eigenvalue weighted by Gasteiger charge is -2.36. The van der Waals surface area contributed by atoms with Crippen LogP contribution in [0.5, 0.6) is 5.75 Å². The van der Waals surface area contributed by atoms with Crippen LogP contribution >= 0.6 is 0 Å². The van der Waals surface area contributed by atoms with Crippen molar-refractivity contribution < 1.29 is 14.3 Å². The summed E-state index contributed by atoms with van der Waals surface area (Å²) in [5.41, 5.74) is 10.5. The number of carbonyl (C=O) groups excluding carboxylic acids is 1. The standard InChI is InChI=1S/C25H33FN6O2/c1-3-14-10-16(33)4-5-17(14)18-6-7-19-23(22(18)26)30-31-24(19)25-28-11-20(29-25)15-8-9-32(13-15)21(34)12-27-2/h4-5,8,10-11,18-19,22-24,27,30-31,33H,3,6-7,9,12-13H2,1-2H3,(H,28,29). The van der Waals surface area contributed by atoms with Crippen molar-refractivity contribution in [2.24, 2.45) is 5.92 Å². The zero-order valence-electron chi connectivity index (χ0n) is 19.6. The van der Waals surface area contributed by atoms with E-state index in [1.165, 1.54) is 0 Å². The number of likely N-dealkylation sites (N-methyl/N-ethyl adjacent to an activating group) is 1. The monoisotopic (exact) mass is 468 g/mol. The molecule has 3 heterocycles. The third-order valence-corrected chi connectivity index (χ3v) is 7.58. The number of aromatic hydroxyl groups is 1. The van der Waals surface area contributed by atoms with Gasteiger partial charge in [0, 0.05) is 24.9 Å². The van der Waals surface area contributed by atoms with Crippen LogP contribution in [0.3, 0.4) is 0 Å². The first-order chi connectivity index (χ1) is 16.5. The van der Waals surface area contributed by atoms with Crippen molar-refractivity contribution in [1.29, 1.82) is 0 Å². The zero-order valence-corrected chi connectivity index (χ0v) is 19.6. The van der Waals surface area contributed by atoms with Crippen LogP contribution in [0.1, 0.15) is 54.4 Å². The van der Waals surface area contributed by atoms with Gasteiger partial charge >= 0.3 is 0 Å². The Bertz CT molecular complexity index is 1090. The van der Waals surface area contributed by atoms with Gasteiger partial charge in [-0.2, -0.15) is 0 Å². The molecule has 3 aliphatic rings. The Morgan fingerprint density at radius 1 is 1.32 bits per heavy atom. The number of aromatic amines is 1. The van der Waals surface area contributed by atoms with Gasteiger partial charge in [-0.3, -0.25) is 10.2 Å². The Morgan fingerprint density at radius 3 is 2.97 bits per heavy atom. The van der Waals surface area contributed by atoms with Crippen molar-refractivity contribution in [1.82, 2.24) is 31.0 Å². The van der Waals surface area contributed by atoms with Crippen LogP contribution in [0, 0.1) is 5.92 Å². The SMILES string of the molecule is CCc1cc(O)ccc1C1CCC2C(c3ncc(C4=CCN(C(=O)CNC)C4)[nH]3)NNC2C1F. The second-order valence-corrected chi connectivity index (χ2v) is 9.54. The largest absolute Gasteiger partial charge is 0.508 e. The van der Waals surface area contributed by atoms with Crippen LogP contribution in [0.4, 0.5) is 4.39 Å². The van der Waals surface area contributed by atoms with Gasteiger partial charge in [0.15, 0.2) is 0 Å². The fourth-order valence-corrected chi connectivity index (χ4v) is 5.77. The lowest BCUT2D eigenvalue weighted by Crippen LogP contribution is -2.45. The number of aromatic nitrogens is 2. The van der Waals surface area contributed by atoms with E-state index in [0.717, 1.165) is 47.5 Å². The minimum absolute atomic E-state index is 0.0728. The van der Waals surface area contributed by atoms with Crippen molar-refractivity contribution >= 4 is 11.5 Å². The molecule has 0 spiro atoms. The van der Waals surface area contributed by atoms with Crippen LogP contribution in [-0.2, 0) is 11.2 Å². The summed E-state index contributed by atoms with van der Waals surface area (Å²) in [5.74, 6) is 0.982. The molecular formula is C25H33FN6O2. The summed E-state index contributed by atoms with van der Waals surface area (Å²) in [5, 5.41) is 12.7. The number of phenolic OH excluding ortho intramolecular Hbond substituents is 1. The minimum atomic E-state index is -1.04. The molecule has 5 rings (SSSR count). The Labute approximate surface area is 199 Å². The number of phenols is 1. The molecule has 1 saturated heterocycles. The van der Waals surface area contributed by atoms with Gasteiger partial charge in [-0.25, -0.2) is 14.8 Å². The molecule has 1 aromatic heterocycles. The third-order valence-electron chi connectivity index (χ3n) is 7.58. The molecule has 1 amide bonds. The third kappa shape index (κ3) is 4.12. The molecule has 8 nitrogen and oxygen atoms in total. The number of benzene rings is 1. The van der Waals surface area contributed by atoms with E-state index < -0.39 is 6.17 Å². The maximum atomic E-state index is 15.8. The fraction of sp³-hybridized carbons (Fsp3) is 0.520. The van der Waals surface area contributed by atoms with Gasteiger partial charge < -0.3 is 20.3 Å². The van der Waals surface area contributed by atoms with E-state index >= 15 is 4.39 Å². The average molecular weight is 469 g/mol. The maximum absolute atomic E-state index is 15.8. The number of nitrogens with zero attached hydrogens (tertiary/aromatic N) is 2. The quantitative estimate of drug-likeness (QED) is 0.445. The number of fused-ring (bicyclic) bond motifs is 1. The lowest BCUT2D eigenvalue weighted by molar-refractivity contribution is -0.128. The molecule has 1 aromatic carbocycles. The van der Waals surface area contributed by atoms with E-state index in [-0.39, 0.29) is 35.6 Å². The van der Waals surface area contributed by atoms with E-state index in [1.807, 2.05) is 19.2 Å². The van der Waals surface area contributed by atoms with Crippen LogP contribution in [-0.4, -0.2) is 64.8 Å². The second-order valence-electron chi connectivity index (χ2n) is 9.54. The molecule has 5 unspecified atom stereocenters. The van der Waals surface area contributed by atoms with Gasteiger partial charge in [-0.15, -0.1) is 0 Å². The second kappa shape index (κ2) is 9.48. The summed E-state index contributed by atoms with van der Waals surface area (Å²) in [7, 11) is 1.77. The molecule has 5 N–H and O–H groups in total. The van der Waals surface area contributed by atoms with Gasteiger partial charge in [0.2, 0.25) is 5.91 Å². The van der Waals surface area contributed by atoms with E-state index in [2.05, 4.69) is 32.2 Å². The number of H-pyrrole nitrogens is 1. The van der Waals surface area contributed by atoms with Gasteiger partial charge in [0.25, 0.3) is 0 Å². The number of hydrazine groups is 1. The first-order valence-corrected chi connectivity index (χ1v) is 12.1. The zero-order chi connectivity index (χ0) is 23.8. The average Bonchev–Trinajstić information content (AvgIpc) is 3.58. The highest BCUT2D eigenvalue weighted by Crippen LogP contribution is 2.45. The molecule has 2 aromatic rings. The summed E-state index contributed by atoms with van der Waals surface area (Å²) >= 11 is 0. The number of carbonyl (C=O) groups is 1. The smallest absolute Gasteiger partial charge is 0.237 e. The van der Waals surface area contributed by atoms with Crippen molar-refractivity contribution in [2.75, 3.05) is 26.7 Å². The normalized spacial score (nSPS) is 28.7. The molecule has 5 atom stereocenters. The lowest BCUT2D eigenvalue weighted by atomic mass is 9.71. The van der Waals surface area contributed by atoms with Crippen molar-refractivity contribution in [3.8, 4) is 5.75 Å². The highest BCUT2D eigenvalue weighted by Gasteiger charge is 2.48. The number of hydrogen-bond donors (Lipinski definition) is 5. The predicted molar refractivity (Wildman–Crippen MR) is 128 cm³/mol. The highest BCUT2D eigenvalue weighted by atomic mass is 19.1. The van der Waals surface area contributed by atoms with Crippen molar-refractivity contribution in [3.05, 3.63) is 53.1 Å². The molecular weight excluding hydrogens is 435 g/mol. The summed E-state index contributed by atoms with van der Waals surface area (Å²) in [6, 6.07) is 4.88. The number of nitrogens with one attached hydrogen (secondary N) is 4. The van der Waals surface area contributed by atoms with Crippen LogP contribution in [0.15, 0.2) is 30.5 Å². The van der Waals surface area contributed by atoms with Crippen molar-refractivity contribution in [3.63, 3.8) is 0 Å². The number of imidazole rings is 1. The fourth-order valence-electron chi connectivity index (χ4n) is 5.77. The first kappa shape index (κ1) is 23.0. The minimum Gasteiger partial charge on any atom is -0.508 e. The van der Waals surface area contributed by atoms with Crippen LogP contribution in [0.2, 0.25) is 0 Å². The summed E-state index contributed by atoms with van der Waals surface area (Å²) in [6.07, 6.45) is 5.21. The Kier molecular flexibility index (Phi) is 6.42. The number of rotatable bonds is 6. The molecule has 2 aliphatic heterocycles. The van der Waals surface area contributed by atoms with Gasteiger partial charge in [-0.05, 0) is 55.1 Å². The Balaban J connectivity index is 1.28. The van der Waals surface area contributed by atoms with E-state index in [0.29, 0.717) is 19.6 Å². The molecule has 9 heteroatoms. The van der Waals surface area contributed by atoms with E-state index in [1.54, 1.807) is 24.1 Å². The molecule has 2 fully saturated rings. The molecule has 1 saturated carbocycles. The number of aryl methyl sites for hydroxylation is 1. The highest BCUT2D eigenvalue weighted by molar-refractivity contribution is 5.82. The van der Waals surface area contributed by atoms with Crippen molar-refractivity contribution in [2.45, 2.75) is 50.4 Å². The number of halogens is 1. The van der Waals surface area contributed by atoms with E-state index in [4.69, 9.17) is 0 Å². The number of hydrogen-bond acceptors (Lipinski definition) is 6. The Morgan fingerprint density at radius 2 is 2.18 bits per heavy atom. The summed E-state index contributed by atoms with van der Waals surface area (Å²) < 4.78 is 15.8. The predicted octanol–water partition coefficient (Wildman–Crippen LogP) is 2.17. The first-order valence-electron chi connectivity index (χ1n) is 12.1. The molecule has 1 aliphatic carbocycles. The summed E-state index contributed by atoms with van der Waals surface area (Å²) in [4.78, 5) is 22.0. The van der Waals surface area contributed by atoms with Gasteiger partial charge in [-0.1, -0.05) is 19.1 Å². The van der Waals surface area contributed by atoms with Gasteiger partial charge in [0.1, 0.15) is 17.7 Å². The maximum Gasteiger partial charge on any atom is 0.237 e. The topological polar surface area (TPSA) is 105 Å². The number of alkyl halides is 1.